The van der Waals surface area contributed by atoms with Crippen molar-refractivity contribution in [3.8, 4) is 5.75 Å². The van der Waals surface area contributed by atoms with Crippen LogP contribution in [0.3, 0.4) is 0 Å². The predicted octanol–water partition coefficient (Wildman–Crippen LogP) is 2.44. The second kappa shape index (κ2) is 5.15. The van der Waals surface area contributed by atoms with E-state index in [-0.39, 0.29) is 5.56 Å². The Hall–Kier alpha value is -2.45. The second-order valence-corrected chi connectivity index (χ2v) is 4.16. The number of halogens is 5. The summed E-state index contributed by atoms with van der Waals surface area (Å²) in [6, 6.07) is 1.37. The molecule has 0 aromatic heterocycles. The molecule has 9 heteroatoms. The normalized spacial score (nSPS) is 17.1. The lowest BCUT2D eigenvalue weighted by atomic mass is 10.1. The van der Waals surface area contributed by atoms with Gasteiger partial charge in [-0.25, -0.2) is 8.78 Å². The summed E-state index contributed by atoms with van der Waals surface area (Å²) in [5.41, 5.74) is -0.694. The van der Waals surface area contributed by atoms with Crippen LogP contribution in [0.5, 0.6) is 5.75 Å². The minimum Gasteiger partial charge on any atom is -0.503 e. The van der Waals surface area contributed by atoms with Crippen LogP contribution in [0.2, 0.25) is 0 Å². The molecule has 2 rings (SSSR count). The van der Waals surface area contributed by atoms with E-state index >= 15 is 0 Å². The van der Waals surface area contributed by atoms with Crippen molar-refractivity contribution in [1.29, 1.82) is 0 Å². The molecular weight excluding hydrogens is 299 g/mol. The molecule has 0 radical (unpaired) electrons. The van der Waals surface area contributed by atoms with Crippen molar-refractivity contribution >= 4 is 18.3 Å². The average Bonchev–Trinajstić information content (AvgIpc) is 2.66. The van der Waals surface area contributed by atoms with Crippen LogP contribution >= 0.6 is 0 Å². The zero-order valence-electron chi connectivity index (χ0n) is 10.2. The van der Waals surface area contributed by atoms with E-state index in [9.17, 15) is 26.7 Å². The summed E-state index contributed by atoms with van der Waals surface area (Å²) in [6.07, 6.45) is -3.04. The van der Waals surface area contributed by atoms with Gasteiger partial charge >= 0.3 is 6.18 Å². The van der Waals surface area contributed by atoms with Gasteiger partial charge in [0, 0.05) is 0 Å². The minimum absolute atomic E-state index is 0.219. The summed E-state index contributed by atoms with van der Waals surface area (Å²) in [4.78, 5) is 15.1. The molecule has 1 N–H and O–H groups in total. The highest BCUT2D eigenvalue weighted by Gasteiger charge is 2.34. The number of hydrogen-bond donors (Lipinski definition) is 1. The fourth-order valence-corrected chi connectivity index (χ4v) is 1.66. The maximum absolute atomic E-state index is 13.2. The predicted molar refractivity (Wildman–Crippen MR) is 62.3 cm³/mol. The molecule has 0 spiro atoms. The third kappa shape index (κ3) is 3.36. The maximum Gasteiger partial charge on any atom is 0.406 e. The van der Waals surface area contributed by atoms with Crippen LogP contribution in [-0.4, -0.2) is 35.0 Å². The van der Waals surface area contributed by atoms with Crippen LogP contribution in [0.25, 0.3) is 6.08 Å². The maximum atomic E-state index is 13.2. The molecule has 0 unspecified atom stereocenters. The van der Waals surface area contributed by atoms with Gasteiger partial charge in [-0.15, -0.1) is 0 Å². The van der Waals surface area contributed by atoms with E-state index in [4.69, 9.17) is 5.11 Å². The van der Waals surface area contributed by atoms with E-state index in [0.29, 0.717) is 23.4 Å². The fraction of sp³-hybridized carbons (Fsp3) is 0.167. The number of hydrogen-bond acceptors (Lipinski definition) is 3. The lowest BCUT2D eigenvalue weighted by molar-refractivity contribution is -0.135. The summed E-state index contributed by atoms with van der Waals surface area (Å²) in [5, 5.41) is 8.93. The number of amides is 1. The SMILES string of the molecule is O=C1N=CN(CC(F)(F)F)C1=Cc1cc(F)c(O)c(F)c1. The zero-order valence-corrected chi connectivity index (χ0v) is 10.2. The van der Waals surface area contributed by atoms with Crippen LogP contribution in [0.1, 0.15) is 5.56 Å². The Morgan fingerprint density at radius 1 is 1.24 bits per heavy atom. The molecule has 0 atom stereocenters. The van der Waals surface area contributed by atoms with Gasteiger partial charge in [0.15, 0.2) is 17.4 Å². The van der Waals surface area contributed by atoms with Crippen molar-refractivity contribution in [1.82, 2.24) is 4.90 Å². The van der Waals surface area contributed by atoms with E-state index in [1.165, 1.54) is 0 Å². The molecule has 0 saturated heterocycles. The van der Waals surface area contributed by atoms with Crippen LogP contribution in [0, 0.1) is 11.6 Å². The van der Waals surface area contributed by atoms with Gasteiger partial charge < -0.3 is 10.0 Å². The number of phenolic OH excluding ortho intramolecular Hbond substituents is 1. The first-order chi connectivity index (χ1) is 9.67. The van der Waals surface area contributed by atoms with Crippen LogP contribution in [0.15, 0.2) is 22.8 Å². The molecule has 1 amide bonds. The third-order valence-corrected chi connectivity index (χ3v) is 2.54. The Balaban J connectivity index is 2.36. The van der Waals surface area contributed by atoms with E-state index in [1.807, 2.05) is 0 Å². The number of aromatic hydroxyl groups is 1. The number of aliphatic imine (C=N–C) groups is 1. The third-order valence-electron chi connectivity index (χ3n) is 2.54. The Bertz CT molecular complexity index is 629. The molecule has 1 aliphatic rings. The number of rotatable bonds is 2. The highest BCUT2D eigenvalue weighted by molar-refractivity contribution is 6.07. The van der Waals surface area contributed by atoms with Gasteiger partial charge in [0.2, 0.25) is 0 Å². The number of nitrogens with zero attached hydrogens (tertiary/aromatic N) is 2. The molecule has 112 valence electrons. The summed E-state index contributed by atoms with van der Waals surface area (Å²) in [5.74, 6) is -4.77. The Labute approximate surface area is 114 Å². The standard InChI is InChI=1S/C12H7F5N2O2/c13-7-1-6(2-8(14)10(7)20)3-9-11(21)18-5-19(9)4-12(15,16)17/h1-3,5,20H,4H2. The first-order valence-electron chi connectivity index (χ1n) is 5.49. The molecule has 0 fully saturated rings. The van der Waals surface area contributed by atoms with Gasteiger partial charge in [-0.1, -0.05) is 0 Å². The molecule has 1 aromatic carbocycles. The van der Waals surface area contributed by atoms with Crippen LogP contribution < -0.4 is 0 Å². The van der Waals surface area contributed by atoms with E-state index in [2.05, 4.69) is 4.99 Å². The molecule has 0 aliphatic carbocycles. The summed E-state index contributed by atoms with van der Waals surface area (Å²) < 4.78 is 63.3. The quantitative estimate of drug-likeness (QED) is 0.674. The Kier molecular flexibility index (Phi) is 3.67. The van der Waals surface area contributed by atoms with Gasteiger partial charge in [0.25, 0.3) is 5.91 Å². The van der Waals surface area contributed by atoms with Crippen molar-refractivity contribution in [2.45, 2.75) is 6.18 Å². The topological polar surface area (TPSA) is 52.9 Å². The molecule has 1 aromatic rings. The lowest BCUT2D eigenvalue weighted by Crippen LogP contribution is -2.31. The fourth-order valence-electron chi connectivity index (χ4n) is 1.66. The molecule has 0 saturated carbocycles. The van der Waals surface area contributed by atoms with Crippen molar-refractivity contribution in [3.63, 3.8) is 0 Å². The number of carbonyl (C=O) groups is 1. The molecule has 4 nitrogen and oxygen atoms in total. The van der Waals surface area contributed by atoms with Crippen molar-refractivity contribution in [2.75, 3.05) is 6.54 Å². The molecule has 1 heterocycles. The highest BCUT2D eigenvalue weighted by Crippen LogP contribution is 2.26. The average molecular weight is 306 g/mol. The monoisotopic (exact) mass is 306 g/mol. The van der Waals surface area contributed by atoms with Gasteiger partial charge in [0.1, 0.15) is 12.2 Å². The van der Waals surface area contributed by atoms with E-state index in [0.717, 1.165) is 6.08 Å². The van der Waals surface area contributed by atoms with E-state index in [1.54, 1.807) is 0 Å². The summed E-state index contributed by atoms with van der Waals surface area (Å²) in [7, 11) is 0. The number of carbonyl (C=O) groups excluding carboxylic acids is 1. The number of phenols is 1. The van der Waals surface area contributed by atoms with Crippen LogP contribution in [0.4, 0.5) is 22.0 Å². The summed E-state index contributed by atoms with van der Waals surface area (Å²) in [6.45, 7) is -1.46. The first-order valence-corrected chi connectivity index (χ1v) is 5.49. The first kappa shape index (κ1) is 14.9. The van der Waals surface area contributed by atoms with Gasteiger partial charge in [-0.05, 0) is 23.8 Å². The lowest BCUT2D eigenvalue weighted by Gasteiger charge is -2.17. The van der Waals surface area contributed by atoms with Crippen molar-refractivity contribution in [2.24, 2.45) is 4.99 Å². The minimum atomic E-state index is -4.58. The van der Waals surface area contributed by atoms with Crippen LogP contribution in [-0.2, 0) is 4.79 Å². The second-order valence-electron chi connectivity index (χ2n) is 4.16. The Morgan fingerprint density at radius 3 is 2.33 bits per heavy atom. The number of alkyl halides is 3. The van der Waals surface area contributed by atoms with Gasteiger partial charge in [0.05, 0.1) is 6.34 Å². The molecule has 21 heavy (non-hydrogen) atoms. The van der Waals surface area contributed by atoms with E-state index < -0.39 is 41.7 Å². The smallest absolute Gasteiger partial charge is 0.406 e. The van der Waals surface area contributed by atoms with Crippen molar-refractivity contribution in [3.05, 3.63) is 35.0 Å². The zero-order chi connectivity index (χ0) is 15.8. The Morgan fingerprint density at radius 2 is 1.81 bits per heavy atom. The highest BCUT2D eigenvalue weighted by atomic mass is 19.4. The van der Waals surface area contributed by atoms with Gasteiger partial charge in [-0.2, -0.15) is 18.2 Å². The molecular formula is C12H7F5N2O2. The largest absolute Gasteiger partial charge is 0.503 e. The number of benzene rings is 1. The summed E-state index contributed by atoms with van der Waals surface area (Å²) >= 11 is 0. The molecule has 1 aliphatic heterocycles. The molecule has 0 bridgehead atoms. The van der Waals surface area contributed by atoms with Gasteiger partial charge in [-0.3, -0.25) is 4.79 Å². The van der Waals surface area contributed by atoms with Crippen molar-refractivity contribution < 1.29 is 31.9 Å².